The van der Waals surface area contributed by atoms with E-state index in [9.17, 15) is 0 Å². The van der Waals surface area contributed by atoms with E-state index in [1.165, 1.54) is 4.88 Å². The van der Waals surface area contributed by atoms with Crippen LogP contribution in [0.15, 0.2) is 29.9 Å². The number of imidazole rings is 1. The average Bonchev–Trinajstić information content (AvgIpc) is 2.96. The highest BCUT2D eigenvalue weighted by molar-refractivity contribution is 7.10. The van der Waals surface area contributed by atoms with Crippen LogP contribution in [0, 0.1) is 0 Å². The summed E-state index contributed by atoms with van der Waals surface area (Å²) < 4.78 is 2.19. The highest BCUT2D eigenvalue weighted by Gasteiger charge is 2.13. The van der Waals surface area contributed by atoms with E-state index in [4.69, 9.17) is 0 Å². The Hall–Kier alpha value is -1.13. The van der Waals surface area contributed by atoms with Gasteiger partial charge in [-0.2, -0.15) is 0 Å². The van der Waals surface area contributed by atoms with Gasteiger partial charge in [-0.05, 0) is 25.4 Å². The summed E-state index contributed by atoms with van der Waals surface area (Å²) in [6.07, 6.45) is 4.86. The fourth-order valence-electron chi connectivity index (χ4n) is 1.83. The van der Waals surface area contributed by atoms with E-state index in [-0.39, 0.29) is 0 Å². The summed E-state index contributed by atoms with van der Waals surface area (Å²) >= 11 is 1.79. The highest BCUT2D eigenvalue weighted by Crippen LogP contribution is 2.21. The molecular weight excluding hydrogens is 218 g/mol. The fourth-order valence-corrected chi connectivity index (χ4v) is 2.67. The van der Waals surface area contributed by atoms with Gasteiger partial charge in [0.2, 0.25) is 0 Å². The lowest BCUT2D eigenvalue weighted by atomic mass is 10.1. The van der Waals surface area contributed by atoms with E-state index < -0.39 is 0 Å². The topological polar surface area (TPSA) is 29.9 Å². The third-order valence-corrected chi connectivity index (χ3v) is 3.75. The van der Waals surface area contributed by atoms with Crippen molar-refractivity contribution in [2.24, 2.45) is 0 Å². The molecule has 1 unspecified atom stereocenters. The molecule has 0 aliphatic carbocycles. The quantitative estimate of drug-likeness (QED) is 0.863. The van der Waals surface area contributed by atoms with Crippen molar-refractivity contribution in [1.82, 2.24) is 14.9 Å². The molecule has 2 aromatic heterocycles. The van der Waals surface area contributed by atoms with Crippen LogP contribution in [-0.4, -0.2) is 16.6 Å². The van der Waals surface area contributed by atoms with Crippen molar-refractivity contribution in [3.63, 3.8) is 0 Å². The molecule has 0 fully saturated rings. The Labute approximate surface area is 100 Å². The average molecular weight is 235 g/mol. The minimum absolute atomic E-state index is 0.368. The van der Waals surface area contributed by atoms with Crippen LogP contribution in [0.1, 0.15) is 23.7 Å². The monoisotopic (exact) mass is 235 g/mol. The zero-order valence-electron chi connectivity index (χ0n) is 9.68. The summed E-state index contributed by atoms with van der Waals surface area (Å²) in [5, 5.41) is 5.47. The maximum absolute atomic E-state index is 4.41. The molecule has 2 heterocycles. The van der Waals surface area contributed by atoms with Crippen LogP contribution in [0.2, 0.25) is 0 Å². The van der Waals surface area contributed by atoms with Gasteiger partial charge in [-0.25, -0.2) is 4.98 Å². The van der Waals surface area contributed by atoms with Gasteiger partial charge in [0.1, 0.15) is 5.82 Å². The normalized spacial score (nSPS) is 12.9. The van der Waals surface area contributed by atoms with E-state index in [2.05, 4.69) is 39.3 Å². The van der Waals surface area contributed by atoms with Crippen molar-refractivity contribution in [2.75, 3.05) is 7.05 Å². The smallest absolute Gasteiger partial charge is 0.110 e. The van der Waals surface area contributed by atoms with E-state index in [0.29, 0.717) is 6.04 Å². The molecule has 0 amide bonds. The third kappa shape index (κ3) is 2.33. The number of aromatic nitrogens is 2. The Balaban J connectivity index is 2.13. The largest absolute Gasteiger partial charge is 0.335 e. The van der Waals surface area contributed by atoms with Gasteiger partial charge in [0.15, 0.2) is 0 Å². The Morgan fingerprint density at radius 1 is 1.56 bits per heavy atom. The number of nitrogens with zero attached hydrogens (tertiary/aromatic N) is 2. The first-order valence-electron chi connectivity index (χ1n) is 5.55. The third-order valence-electron chi connectivity index (χ3n) is 2.76. The van der Waals surface area contributed by atoms with Gasteiger partial charge in [-0.3, -0.25) is 0 Å². The number of hydrogen-bond acceptors (Lipinski definition) is 3. The van der Waals surface area contributed by atoms with Crippen molar-refractivity contribution in [3.8, 4) is 0 Å². The molecule has 0 bridgehead atoms. The minimum atomic E-state index is 0.368. The molecule has 86 valence electrons. The number of likely N-dealkylation sites (N-methyl/N-ethyl adjacent to an activating group) is 1. The van der Waals surface area contributed by atoms with Crippen LogP contribution < -0.4 is 5.32 Å². The molecule has 16 heavy (non-hydrogen) atoms. The molecule has 1 N–H and O–H groups in total. The van der Waals surface area contributed by atoms with Crippen molar-refractivity contribution < 1.29 is 0 Å². The molecule has 2 rings (SSSR count). The summed E-state index contributed by atoms with van der Waals surface area (Å²) in [4.78, 5) is 5.78. The number of aryl methyl sites for hydroxylation is 1. The zero-order chi connectivity index (χ0) is 11.4. The van der Waals surface area contributed by atoms with Crippen molar-refractivity contribution in [3.05, 3.63) is 40.6 Å². The molecule has 3 nitrogen and oxygen atoms in total. The molecule has 0 aliphatic heterocycles. The molecule has 0 radical (unpaired) electrons. The van der Waals surface area contributed by atoms with Gasteiger partial charge in [-0.15, -0.1) is 11.3 Å². The molecule has 2 aromatic rings. The Morgan fingerprint density at radius 3 is 3.06 bits per heavy atom. The summed E-state index contributed by atoms with van der Waals surface area (Å²) in [7, 11) is 2.00. The number of nitrogens with one attached hydrogen (secondary N) is 1. The number of rotatable bonds is 5. The van der Waals surface area contributed by atoms with Gasteiger partial charge in [0, 0.05) is 36.3 Å². The van der Waals surface area contributed by atoms with Gasteiger partial charge < -0.3 is 9.88 Å². The zero-order valence-corrected chi connectivity index (χ0v) is 10.5. The summed E-state index contributed by atoms with van der Waals surface area (Å²) in [6.45, 7) is 3.13. The SMILES string of the molecule is CCn1ccnc1CC(NC)c1cccs1. The van der Waals surface area contributed by atoms with Crippen molar-refractivity contribution >= 4 is 11.3 Å². The molecule has 0 saturated heterocycles. The lowest BCUT2D eigenvalue weighted by Gasteiger charge is -2.14. The van der Waals surface area contributed by atoms with Crippen LogP contribution in [0.25, 0.3) is 0 Å². The number of hydrogen-bond donors (Lipinski definition) is 1. The predicted molar refractivity (Wildman–Crippen MR) is 67.7 cm³/mol. The van der Waals surface area contributed by atoms with E-state index in [1.807, 2.05) is 19.4 Å². The van der Waals surface area contributed by atoms with Crippen LogP contribution in [-0.2, 0) is 13.0 Å². The van der Waals surface area contributed by atoms with Crippen LogP contribution in [0.5, 0.6) is 0 Å². The highest BCUT2D eigenvalue weighted by atomic mass is 32.1. The fraction of sp³-hybridized carbons (Fsp3) is 0.417. The lowest BCUT2D eigenvalue weighted by Crippen LogP contribution is -2.19. The molecule has 0 spiro atoms. The van der Waals surface area contributed by atoms with E-state index in [1.54, 1.807) is 11.3 Å². The second-order valence-corrected chi connectivity index (χ2v) is 4.67. The Bertz CT molecular complexity index is 419. The molecule has 0 saturated carbocycles. The van der Waals surface area contributed by atoms with E-state index in [0.717, 1.165) is 18.8 Å². The van der Waals surface area contributed by atoms with Crippen LogP contribution in [0.3, 0.4) is 0 Å². The van der Waals surface area contributed by atoms with Gasteiger partial charge in [-0.1, -0.05) is 6.07 Å². The standard InChI is InChI=1S/C12H17N3S/c1-3-15-7-6-14-12(15)9-10(13-2)11-5-4-8-16-11/h4-8,10,13H,3,9H2,1-2H3. The Morgan fingerprint density at radius 2 is 2.44 bits per heavy atom. The van der Waals surface area contributed by atoms with Gasteiger partial charge >= 0.3 is 0 Å². The first-order chi connectivity index (χ1) is 7.85. The molecular formula is C12H17N3S. The number of thiophene rings is 1. The van der Waals surface area contributed by atoms with Gasteiger partial charge in [0.25, 0.3) is 0 Å². The van der Waals surface area contributed by atoms with Crippen LogP contribution >= 0.6 is 11.3 Å². The lowest BCUT2D eigenvalue weighted by molar-refractivity contribution is 0.560. The first kappa shape index (κ1) is 11.4. The predicted octanol–water partition coefficient (Wildman–Crippen LogP) is 2.47. The second kappa shape index (κ2) is 5.27. The molecule has 4 heteroatoms. The Kier molecular flexibility index (Phi) is 3.74. The van der Waals surface area contributed by atoms with E-state index >= 15 is 0 Å². The molecule has 0 aliphatic rings. The maximum atomic E-state index is 4.41. The van der Waals surface area contributed by atoms with Gasteiger partial charge in [0.05, 0.1) is 0 Å². The maximum Gasteiger partial charge on any atom is 0.110 e. The summed E-state index contributed by atoms with van der Waals surface area (Å²) in [5.74, 6) is 1.15. The summed E-state index contributed by atoms with van der Waals surface area (Å²) in [6, 6.07) is 4.63. The first-order valence-corrected chi connectivity index (χ1v) is 6.43. The second-order valence-electron chi connectivity index (χ2n) is 3.69. The van der Waals surface area contributed by atoms with Crippen LogP contribution in [0.4, 0.5) is 0 Å². The van der Waals surface area contributed by atoms with Crippen molar-refractivity contribution in [2.45, 2.75) is 25.9 Å². The van der Waals surface area contributed by atoms with Crippen molar-refractivity contribution in [1.29, 1.82) is 0 Å². The minimum Gasteiger partial charge on any atom is -0.335 e. The summed E-state index contributed by atoms with van der Waals surface area (Å²) in [5.41, 5.74) is 0. The molecule has 0 aromatic carbocycles. The molecule has 1 atom stereocenters.